The molecular weight excluding hydrogens is 178 g/mol. The lowest BCUT2D eigenvalue weighted by atomic mass is 10.1. The molecule has 0 aliphatic carbocycles. The maximum atomic E-state index is 11.6. The lowest BCUT2D eigenvalue weighted by molar-refractivity contribution is 0.0630. The quantitative estimate of drug-likeness (QED) is 0.702. The summed E-state index contributed by atoms with van der Waals surface area (Å²) in [5, 5.41) is 0. The van der Waals surface area contributed by atoms with Gasteiger partial charge in [0, 0.05) is 12.1 Å². The molecular formula is C11H23NO2. The Bertz CT molecular complexity index is 182. The van der Waals surface area contributed by atoms with Gasteiger partial charge in [0.25, 0.3) is 0 Å². The fourth-order valence-corrected chi connectivity index (χ4v) is 1.19. The fraction of sp³-hybridized carbons (Fsp3) is 0.909. The van der Waals surface area contributed by atoms with E-state index < -0.39 is 0 Å². The zero-order chi connectivity index (χ0) is 11.4. The molecule has 0 bridgehead atoms. The largest absolute Gasteiger partial charge is 0.449 e. The molecule has 0 fully saturated rings. The summed E-state index contributed by atoms with van der Waals surface area (Å²) < 4.78 is 5.17. The van der Waals surface area contributed by atoms with Crippen molar-refractivity contribution < 1.29 is 9.53 Å². The molecule has 0 rings (SSSR count). The number of carbonyl (C=O) groups excluding carboxylic acids is 1. The van der Waals surface area contributed by atoms with Gasteiger partial charge < -0.3 is 9.64 Å². The van der Waals surface area contributed by atoms with E-state index in [0.717, 1.165) is 0 Å². The van der Waals surface area contributed by atoms with E-state index in [4.69, 9.17) is 4.74 Å². The monoisotopic (exact) mass is 201 g/mol. The Hall–Kier alpha value is -0.730. The van der Waals surface area contributed by atoms with E-state index in [1.165, 1.54) is 0 Å². The Balaban J connectivity index is 4.20. The molecule has 0 N–H and O–H groups in total. The number of carbonyl (C=O) groups is 1. The lowest BCUT2D eigenvalue weighted by Crippen LogP contribution is -2.45. The standard InChI is InChI=1S/C11H23NO2/c1-7-12(11(4,5)6)10(13)14-8-9(2)3/h9H,7-8H2,1-6H3. The molecule has 3 nitrogen and oxygen atoms in total. The smallest absolute Gasteiger partial charge is 0.410 e. The van der Waals surface area contributed by atoms with Crippen LogP contribution in [0.1, 0.15) is 41.5 Å². The highest BCUT2D eigenvalue weighted by atomic mass is 16.6. The normalized spacial score (nSPS) is 11.6. The van der Waals surface area contributed by atoms with Gasteiger partial charge in [-0.15, -0.1) is 0 Å². The molecule has 0 atom stereocenters. The molecule has 0 spiro atoms. The Kier molecular flexibility index (Phi) is 4.95. The molecule has 0 saturated heterocycles. The summed E-state index contributed by atoms with van der Waals surface area (Å²) in [6, 6.07) is 0. The van der Waals surface area contributed by atoms with Crippen LogP contribution in [0.25, 0.3) is 0 Å². The zero-order valence-corrected chi connectivity index (χ0v) is 10.3. The molecule has 0 aromatic rings. The molecule has 0 unspecified atom stereocenters. The predicted octanol–water partition coefficient (Wildman–Crippen LogP) is 2.90. The van der Waals surface area contributed by atoms with Gasteiger partial charge in [0.2, 0.25) is 0 Å². The van der Waals surface area contributed by atoms with E-state index >= 15 is 0 Å². The van der Waals surface area contributed by atoms with Gasteiger partial charge in [0.15, 0.2) is 0 Å². The van der Waals surface area contributed by atoms with Gasteiger partial charge in [-0.2, -0.15) is 0 Å². The van der Waals surface area contributed by atoms with Crippen LogP contribution in [0.15, 0.2) is 0 Å². The SMILES string of the molecule is CCN(C(=O)OCC(C)C)C(C)(C)C. The number of ether oxygens (including phenoxy) is 1. The molecule has 84 valence electrons. The summed E-state index contributed by atoms with van der Waals surface area (Å²) in [6.07, 6.45) is -0.214. The zero-order valence-electron chi connectivity index (χ0n) is 10.3. The Morgan fingerprint density at radius 1 is 1.36 bits per heavy atom. The van der Waals surface area contributed by atoms with Crippen molar-refractivity contribution >= 4 is 6.09 Å². The van der Waals surface area contributed by atoms with Crippen molar-refractivity contribution in [2.45, 2.75) is 47.1 Å². The number of hydrogen-bond acceptors (Lipinski definition) is 2. The van der Waals surface area contributed by atoms with Gasteiger partial charge >= 0.3 is 6.09 Å². The third-order valence-corrected chi connectivity index (χ3v) is 1.89. The van der Waals surface area contributed by atoms with Crippen molar-refractivity contribution in [3.63, 3.8) is 0 Å². The molecule has 0 heterocycles. The van der Waals surface area contributed by atoms with Crippen LogP contribution in [-0.2, 0) is 4.74 Å². The van der Waals surface area contributed by atoms with Crippen LogP contribution in [0.5, 0.6) is 0 Å². The average Bonchev–Trinajstić information content (AvgIpc) is 1.99. The predicted molar refractivity (Wildman–Crippen MR) is 58.3 cm³/mol. The fourth-order valence-electron chi connectivity index (χ4n) is 1.19. The lowest BCUT2D eigenvalue weighted by Gasteiger charge is -2.33. The van der Waals surface area contributed by atoms with Crippen molar-refractivity contribution in [1.82, 2.24) is 4.90 Å². The number of amides is 1. The molecule has 3 heteroatoms. The summed E-state index contributed by atoms with van der Waals surface area (Å²) in [7, 11) is 0. The minimum atomic E-state index is -0.214. The van der Waals surface area contributed by atoms with Gasteiger partial charge in [-0.05, 0) is 33.6 Å². The van der Waals surface area contributed by atoms with E-state index in [2.05, 4.69) is 0 Å². The van der Waals surface area contributed by atoms with Crippen LogP contribution >= 0.6 is 0 Å². The second-order valence-electron chi connectivity index (χ2n) is 4.89. The summed E-state index contributed by atoms with van der Waals surface area (Å²) in [4.78, 5) is 13.4. The van der Waals surface area contributed by atoms with Crippen LogP contribution in [-0.4, -0.2) is 29.7 Å². The van der Waals surface area contributed by atoms with Crippen molar-refractivity contribution in [2.24, 2.45) is 5.92 Å². The first-order valence-corrected chi connectivity index (χ1v) is 5.23. The maximum Gasteiger partial charge on any atom is 0.410 e. The minimum Gasteiger partial charge on any atom is -0.449 e. The summed E-state index contributed by atoms with van der Waals surface area (Å²) in [5.41, 5.74) is -0.164. The molecule has 0 aliphatic rings. The Morgan fingerprint density at radius 3 is 2.14 bits per heavy atom. The van der Waals surface area contributed by atoms with Crippen LogP contribution in [0, 0.1) is 5.92 Å². The number of rotatable bonds is 3. The van der Waals surface area contributed by atoms with E-state index in [9.17, 15) is 4.79 Å². The van der Waals surface area contributed by atoms with E-state index in [-0.39, 0.29) is 11.6 Å². The van der Waals surface area contributed by atoms with Crippen LogP contribution < -0.4 is 0 Å². The third kappa shape index (κ3) is 4.49. The van der Waals surface area contributed by atoms with Crippen molar-refractivity contribution in [1.29, 1.82) is 0 Å². The Labute approximate surface area is 87.4 Å². The van der Waals surface area contributed by atoms with Crippen molar-refractivity contribution in [2.75, 3.05) is 13.2 Å². The van der Waals surface area contributed by atoms with Crippen molar-refractivity contribution in [3.05, 3.63) is 0 Å². The second-order valence-corrected chi connectivity index (χ2v) is 4.89. The van der Waals surface area contributed by atoms with Crippen LogP contribution in [0.3, 0.4) is 0 Å². The van der Waals surface area contributed by atoms with E-state index in [0.29, 0.717) is 19.1 Å². The first-order valence-electron chi connectivity index (χ1n) is 5.23. The number of nitrogens with zero attached hydrogens (tertiary/aromatic N) is 1. The highest BCUT2D eigenvalue weighted by Crippen LogP contribution is 2.14. The first-order chi connectivity index (χ1) is 6.29. The molecule has 0 aromatic carbocycles. The average molecular weight is 201 g/mol. The van der Waals surface area contributed by atoms with Gasteiger partial charge in [0.1, 0.15) is 0 Å². The molecule has 0 aliphatic heterocycles. The molecule has 14 heavy (non-hydrogen) atoms. The molecule has 0 aromatic heterocycles. The first kappa shape index (κ1) is 13.3. The van der Waals surface area contributed by atoms with Gasteiger partial charge in [-0.3, -0.25) is 0 Å². The topological polar surface area (TPSA) is 29.5 Å². The third-order valence-electron chi connectivity index (χ3n) is 1.89. The minimum absolute atomic E-state index is 0.164. The molecule has 0 saturated carbocycles. The number of hydrogen-bond donors (Lipinski definition) is 0. The second kappa shape index (κ2) is 5.23. The van der Waals surface area contributed by atoms with E-state index in [1.54, 1.807) is 4.90 Å². The van der Waals surface area contributed by atoms with Gasteiger partial charge in [-0.1, -0.05) is 13.8 Å². The Morgan fingerprint density at radius 2 is 1.86 bits per heavy atom. The van der Waals surface area contributed by atoms with Gasteiger partial charge in [-0.25, -0.2) is 4.79 Å². The molecule has 1 amide bonds. The summed E-state index contributed by atoms with van der Waals surface area (Å²) >= 11 is 0. The van der Waals surface area contributed by atoms with Crippen molar-refractivity contribution in [3.8, 4) is 0 Å². The summed E-state index contributed by atoms with van der Waals surface area (Å²) in [6.45, 7) is 13.2. The van der Waals surface area contributed by atoms with Crippen LogP contribution in [0.4, 0.5) is 4.79 Å². The summed E-state index contributed by atoms with van der Waals surface area (Å²) in [5.74, 6) is 0.387. The van der Waals surface area contributed by atoms with Crippen LogP contribution in [0.2, 0.25) is 0 Å². The maximum absolute atomic E-state index is 11.6. The highest BCUT2D eigenvalue weighted by molar-refractivity contribution is 5.68. The van der Waals surface area contributed by atoms with Gasteiger partial charge in [0.05, 0.1) is 6.61 Å². The highest BCUT2D eigenvalue weighted by Gasteiger charge is 2.25. The molecule has 0 radical (unpaired) electrons. The van der Waals surface area contributed by atoms with E-state index in [1.807, 2.05) is 41.5 Å².